The zero-order valence-electron chi connectivity index (χ0n) is 10.0. The number of aryl methyl sites for hydroxylation is 1. The highest BCUT2D eigenvalue weighted by Gasteiger charge is 2.05. The minimum atomic E-state index is 0.343. The van der Waals surface area contributed by atoms with Crippen LogP contribution in [0.3, 0.4) is 0 Å². The minimum Gasteiger partial charge on any atom is -0.382 e. The molecule has 0 spiro atoms. The number of ether oxygens (including phenoxy) is 1. The first-order valence-electron chi connectivity index (χ1n) is 5.90. The predicted molar refractivity (Wildman–Crippen MR) is 68.8 cm³/mol. The highest BCUT2D eigenvalue weighted by Crippen LogP contribution is 2.17. The summed E-state index contributed by atoms with van der Waals surface area (Å²) in [4.78, 5) is 8.53. The van der Waals surface area contributed by atoms with E-state index in [2.05, 4.69) is 9.97 Å². The van der Waals surface area contributed by atoms with Crippen molar-refractivity contribution < 1.29 is 4.74 Å². The van der Waals surface area contributed by atoms with Gasteiger partial charge in [0.25, 0.3) is 0 Å². The van der Waals surface area contributed by atoms with Gasteiger partial charge < -0.3 is 10.5 Å². The van der Waals surface area contributed by atoms with E-state index in [1.165, 1.54) is 0 Å². The van der Waals surface area contributed by atoms with Gasteiger partial charge in [-0.05, 0) is 25.8 Å². The number of fused-ring (bicyclic) bond motifs is 1. The minimum absolute atomic E-state index is 0.343. The summed E-state index contributed by atoms with van der Waals surface area (Å²) < 4.78 is 5.32. The molecule has 4 nitrogen and oxygen atoms in total. The van der Waals surface area contributed by atoms with Crippen molar-refractivity contribution in [2.24, 2.45) is 0 Å². The van der Waals surface area contributed by atoms with E-state index in [-0.39, 0.29) is 0 Å². The van der Waals surface area contributed by atoms with Crippen molar-refractivity contribution in [3.8, 4) is 0 Å². The molecule has 0 radical (unpaired) electrons. The summed E-state index contributed by atoms with van der Waals surface area (Å²) in [6.45, 7) is 3.51. The molecule has 4 heteroatoms. The van der Waals surface area contributed by atoms with E-state index in [9.17, 15) is 0 Å². The van der Waals surface area contributed by atoms with Crippen LogP contribution in [-0.4, -0.2) is 23.2 Å². The fourth-order valence-corrected chi connectivity index (χ4v) is 1.84. The number of nitrogens with zero attached hydrogens (tertiary/aromatic N) is 2. The molecule has 0 aliphatic rings. The molecule has 1 heterocycles. The number of anilines is 1. The van der Waals surface area contributed by atoms with Crippen molar-refractivity contribution in [3.05, 3.63) is 30.0 Å². The Bertz CT molecular complexity index is 499. The zero-order valence-corrected chi connectivity index (χ0v) is 10.0. The fraction of sp³-hybridized carbons (Fsp3) is 0.385. The lowest BCUT2D eigenvalue weighted by atomic mass is 10.1. The third kappa shape index (κ3) is 2.91. The van der Waals surface area contributed by atoms with E-state index in [1.807, 2.05) is 31.2 Å². The van der Waals surface area contributed by atoms with Crippen molar-refractivity contribution in [2.45, 2.75) is 19.8 Å². The van der Waals surface area contributed by atoms with Crippen LogP contribution in [0.5, 0.6) is 0 Å². The Morgan fingerprint density at radius 2 is 2.06 bits per heavy atom. The average molecular weight is 231 g/mol. The maximum absolute atomic E-state index is 5.70. The number of rotatable bonds is 5. The van der Waals surface area contributed by atoms with Crippen LogP contribution in [0, 0.1) is 0 Å². The SMILES string of the molecule is CCOCCCc1nc(N)nc2ccccc12. The Labute approximate surface area is 101 Å². The van der Waals surface area contributed by atoms with E-state index >= 15 is 0 Å². The highest BCUT2D eigenvalue weighted by molar-refractivity contribution is 5.81. The summed E-state index contributed by atoms with van der Waals surface area (Å²) in [7, 11) is 0. The van der Waals surface area contributed by atoms with Gasteiger partial charge >= 0.3 is 0 Å². The van der Waals surface area contributed by atoms with Gasteiger partial charge in [-0.2, -0.15) is 0 Å². The van der Waals surface area contributed by atoms with E-state index in [0.29, 0.717) is 5.95 Å². The average Bonchev–Trinajstić information content (AvgIpc) is 2.34. The number of benzene rings is 1. The smallest absolute Gasteiger partial charge is 0.220 e. The first-order valence-corrected chi connectivity index (χ1v) is 5.90. The highest BCUT2D eigenvalue weighted by atomic mass is 16.5. The standard InChI is InChI=1S/C13H17N3O/c1-2-17-9-5-8-12-10-6-3-4-7-11(10)15-13(14)16-12/h3-4,6-7H,2,5,8-9H2,1H3,(H2,14,15,16). The third-order valence-electron chi connectivity index (χ3n) is 2.61. The van der Waals surface area contributed by atoms with Crippen molar-refractivity contribution in [1.82, 2.24) is 9.97 Å². The van der Waals surface area contributed by atoms with Crippen molar-refractivity contribution in [2.75, 3.05) is 18.9 Å². The molecule has 2 rings (SSSR count). The maximum atomic E-state index is 5.70. The third-order valence-corrected chi connectivity index (χ3v) is 2.61. The van der Waals surface area contributed by atoms with Gasteiger partial charge in [-0.1, -0.05) is 18.2 Å². The maximum Gasteiger partial charge on any atom is 0.220 e. The summed E-state index contributed by atoms with van der Waals surface area (Å²) in [6.07, 6.45) is 1.82. The molecule has 0 bridgehead atoms. The van der Waals surface area contributed by atoms with Crippen LogP contribution >= 0.6 is 0 Å². The van der Waals surface area contributed by atoms with Crippen molar-refractivity contribution in [3.63, 3.8) is 0 Å². The lowest BCUT2D eigenvalue weighted by Crippen LogP contribution is -2.03. The molecule has 2 N–H and O–H groups in total. The largest absolute Gasteiger partial charge is 0.382 e. The Kier molecular flexibility index (Phi) is 3.88. The summed E-state index contributed by atoms with van der Waals surface area (Å²) in [6, 6.07) is 7.94. The van der Waals surface area contributed by atoms with Gasteiger partial charge in [-0.3, -0.25) is 0 Å². The second kappa shape index (κ2) is 5.59. The molecule has 0 fully saturated rings. The number of hydrogen-bond acceptors (Lipinski definition) is 4. The summed E-state index contributed by atoms with van der Waals surface area (Å²) in [5, 5.41) is 1.08. The number of hydrogen-bond donors (Lipinski definition) is 1. The molecule has 0 saturated heterocycles. The molecule has 0 aliphatic heterocycles. The second-order valence-corrected chi connectivity index (χ2v) is 3.85. The first-order chi connectivity index (χ1) is 8.31. The van der Waals surface area contributed by atoms with E-state index < -0.39 is 0 Å². The van der Waals surface area contributed by atoms with Gasteiger partial charge in [-0.15, -0.1) is 0 Å². The Morgan fingerprint density at radius 1 is 1.24 bits per heavy atom. The summed E-state index contributed by atoms with van der Waals surface area (Å²) in [5.41, 5.74) is 7.62. The van der Waals surface area contributed by atoms with E-state index in [0.717, 1.165) is 42.7 Å². The quantitative estimate of drug-likeness (QED) is 0.801. The summed E-state index contributed by atoms with van der Waals surface area (Å²) in [5.74, 6) is 0.343. The van der Waals surface area contributed by atoms with E-state index in [4.69, 9.17) is 10.5 Å². The fourth-order valence-electron chi connectivity index (χ4n) is 1.84. The molecular formula is C13H17N3O. The Morgan fingerprint density at radius 3 is 2.88 bits per heavy atom. The van der Waals surface area contributed by atoms with E-state index in [1.54, 1.807) is 0 Å². The number of nitrogens with two attached hydrogens (primary N) is 1. The lowest BCUT2D eigenvalue weighted by Gasteiger charge is -2.06. The lowest BCUT2D eigenvalue weighted by molar-refractivity contribution is 0.145. The molecule has 17 heavy (non-hydrogen) atoms. The monoisotopic (exact) mass is 231 g/mol. The number of nitrogen functional groups attached to an aromatic ring is 1. The van der Waals surface area contributed by atoms with Gasteiger partial charge in [0.15, 0.2) is 0 Å². The molecule has 0 aliphatic carbocycles. The zero-order chi connectivity index (χ0) is 12.1. The van der Waals surface area contributed by atoms with Crippen LogP contribution in [0.4, 0.5) is 5.95 Å². The first kappa shape index (κ1) is 11.8. The van der Waals surface area contributed by atoms with Gasteiger partial charge in [0.2, 0.25) is 5.95 Å². The van der Waals surface area contributed by atoms with Crippen molar-refractivity contribution >= 4 is 16.9 Å². The van der Waals surface area contributed by atoms with Crippen LogP contribution < -0.4 is 5.73 Å². The second-order valence-electron chi connectivity index (χ2n) is 3.85. The van der Waals surface area contributed by atoms with Crippen LogP contribution in [-0.2, 0) is 11.2 Å². The van der Waals surface area contributed by atoms with Crippen LogP contribution in [0.2, 0.25) is 0 Å². The molecule has 1 aromatic heterocycles. The molecule has 0 saturated carbocycles. The predicted octanol–water partition coefficient (Wildman–Crippen LogP) is 2.18. The molecular weight excluding hydrogens is 214 g/mol. The van der Waals surface area contributed by atoms with Crippen molar-refractivity contribution in [1.29, 1.82) is 0 Å². The number of para-hydroxylation sites is 1. The Balaban J connectivity index is 2.20. The van der Waals surface area contributed by atoms with Gasteiger partial charge in [0.1, 0.15) is 0 Å². The van der Waals surface area contributed by atoms with Crippen LogP contribution in [0.25, 0.3) is 10.9 Å². The van der Waals surface area contributed by atoms with Gasteiger partial charge in [-0.25, -0.2) is 9.97 Å². The summed E-state index contributed by atoms with van der Waals surface area (Å²) >= 11 is 0. The van der Waals surface area contributed by atoms with Gasteiger partial charge in [0.05, 0.1) is 11.2 Å². The number of aromatic nitrogens is 2. The molecule has 0 unspecified atom stereocenters. The van der Waals surface area contributed by atoms with Gasteiger partial charge in [0, 0.05) is 18.6 Å². The molecule has 2 aromatic rings. The molecule has 90 valence electrons. The van der Waals surface area contributed by atoms with Crippen LogP contribution in [0.1, 0.15) is 19.0 Å². The molecule has 0 amide bonds. The topological polar surface area (TPSA) is 61.0 Å². The van der Waals surface area contributed by atoms with Crippen LogP contribution in [0.15, 0.2) is 24.3 Å². The normalized spacial score (nSPS) is 10.9. The Hall–Kier alpha value is -1.68. The molecule has 1 aromatic carbocycles. The molecule has 0 atom stereocenters.